The Bertz CT molecular complexity index is 753. The van der Waals surface area contributed by atoms with Crippen molar-refractivity contribution in [1.29, 1.82) is 0 Å². The number of nitrogens with zero attached hydrogens (tertiary/aromatic N) is 4. The first kappa shape index (κ1) is 18.2. The maximum atomic E-state index is 13.0. The number of aryl methyl sites for hydroxylation is 2. The number of piperidine rings is 2. The highest BCUT2D eigenvalue weighted by atomic mass is 16.2. The van der Waals surface area contributed by atoms with Crippen LogP contribution in [0.3, 0.4) is 0 Å². The highest BCUT2D eigenvalue weighted by molar-refractivity contribution is 5.80. The number of likely N-dealkylation sites (tertiary alicyclic amines) is 2. The number of rotatable bonds is 3. The van der Waals surface area contributed by atoms with E-state index in [1.165, 1.54) is 0 Å². The fourth-order valence-electron chi connectivity index (χ4n) is 4.80. The Hall–Kier alpha value is -2.18. The minimum absolute atomic E-state index is 0.0755. The van der Waals surface area contributed by atoms with Gasteiger partial charge in [0.1, 0.15) is 0 Å². The lowest BCUT2D eigenvalue weighted by molar-refractivity contribution is -0.143. The van der Waals surface area contributed by atoms with Crippen LogP contribution < -0.4 is 5.73 Å². The Morgan fingerprint density at radius 2 is 1.89 bits per heavy atom. The number of carbonyl (C=O) groups is 2. The van der Waals surface area contributed by atoms with Crippen molar-refractivity contribution < 1.29 is 9.59 Å². The van der Waals surface area contributed by atoms with Crippen molar-refractivity contribution in [2.75, 3.05) is 25.4 Å². The van der Waals surface area contributed by atoms with Crippen molar-refractivity contribution >= 4 is 17.8 Å². The molecule has 4 rings (SSSR count). The number of hydrogen-bond acceptors (Lipinski definition) is 5. The van der Waals surface area contributed by atoms with E-state index in [0.717, 1.165) is 68.7 Å². The van der Waals surface area contributed by atoms with Gasteiger partial charge in [0.2, 0.25) is 17.8 Å². The quantitative estimate of drug-likeness (QED) is 0.871. The second-order valence-electron chi connectivity index (χ2n) is 8.58. The second-order valence-corrected chi connectivity index (χ2v) is 8.58. The molecule has 0 aromatic carbocycles. The molecule has 1 atom stereocenters. The summed E-state index contributed by atoms with van der Waals surface area (Å²) >= 11 is 0. The summed E-state index contributed by atoms with van der Waals surface area (Å²) in [5.74, 6) is 0.686. The molecule has 146 valence electrons. The van der Waals surface area contributed by atoms with Crippen LogP contribution in [0.2, 0.25) is 0 Å². The van der Waals surface area contributed by atoms with Crippen molar-refractivity contribution in [3.8, 4) is 0 Å². The van der Waals surface area contributed by atoms with Gasteiger partial charge in [-0.1, -0.05) is 0 Å². The SMILES string of the molecule is Cc1nc(N)nc(C)c1CC(=O)N1CCC[C@]2(CCC(=O)N(C3CC3)C2)C1. The van der Waals surface area contributed by atoms with E-state index in [2.05, 4.69) is 14.9 Å². The second kappa shape index (κ2) is 6.77. The maximum absolute atomic E-state index is 13.0. The summed E-state index contributed by atoms with van der Waals surface area (Å²) in [4.78, 5) is 37.8. The molecule has 2 aliphatic heterocycles. The third kappa shape index (κ3) is 3.64. The van der Waals surface area contributed by atoms with Gasteiger partial charge in [-0.3, -0.25) is 9.59 Å². The molecule has 1 spiro atoms. The van der Waals surface area contributed by atoms with Crippen LogP contribution in [-0.4, -0.2) is 57.3 Å². The van der Waals surface area contributed by atoms with E-state index >= 15 is 0 Å². The number of amides is 2. The molecule has 3 fully saturated rings. The number of carbonyl (C=O) groups excluding carboxylic acids is 2. The minimum Gasteiger partial charge on any atom is -0.368 e. The van der Waals surface area contributed by atoms with Gasteiger partial charge in [-0.2, -0.15) is 0 Å². The van der Waals surface area contributed by atoms with Gasteiger partial charge in [0.05, 0.1) is 6.42 Å². The van der Waals surface area contributed by atoms with Gasteiger partial charge in [0.15, 0.2) is 0 Å². The maximum Gasteiger partial charge on any atom is 0.227 e. The van der Waals surface area contributed by atoms with E-state index in [-0.39, 0.29) is 17.3 Å². The van der Waals surface area contributed by atoms with Crippen LogP contribution in [0.5, 0.6) is 0 Å². The highest BCUT2D eigenvalue weighted by Gasteiger charge is 2.46. The van der Waals surface area contributed by atoms with Crippen molar-refractivity contribution in [2.45, 2.75) is 64.8 Å². The molecule has 0 unspecified atom stereocenters. The van der Waals surface area contributed by atoms with Gasteiger partial charge in [-0.05, 0) is 46.0 Å². The molecule has 1 aliphatic carbocycles. The number of anilines is 1. The molecule has 0 radical (unpaired) electrons. The Kier molecular flexibility index (Phi) is 4.56. The van der Waals surface area contributed by atoms with Gasteiger partial charge < -0.3 is 15.5 Å². The molecule has 7 heteroatoms. The number of nitrogen functional groups attached to an aromatic ring is 1. The van der Waals surface area contributed by atoms with E-state index in [9.17, 15) is 9.59 Å². The third-order valence-corrected chi connectivity index (χ3v) is 6.46. The van der Waals surface area contributed by atoms with Gasteiger partial charge >= 0.3 is 0 Å². The molecule has 7 nitrogen and oxygen atoms in total. The Labute approximate surface area is 160 Å². The predicted octanol–water partition coefficient (Wildman–Crippen LogP) is 1.61. The minimum atomic E-state index is 0.0755. The van der Waals surface area contributed by atoms with Gasteiger partial charge in [-0.15, -0.1) is 0 Å². The van der Waals surface area contributed by atoms with Crippen molar-refractivity contribution in [3.63, 3.8) is 0 Å². The highest BCUT2D eigenvalue weighted by Crippen LogP contribution is 2.42. The first-order valence-corrected chi connectivity index (χ1v) is 10.0. The lowest BCUT2D eigenvalue weighted by Crippen LogP contribution is -2.55. The lowest BCUT2D eigenvalue weighted by Gasteiger charge is -2.48. The number of nitrogens with two attached hydrogens (primary N) is 1. The molecule has 3 heterocycles. The molecular weight excluding hydrogens is 342 g/mol. The van der Waals surface area contributed by atoms with E-state index in [0.29, 0.717) is 24.8 Å². The largest absolute Gasteiger partial charge is 0.368 e. The van der Waals surface area contributed by atoms with Crippen LogP contribution in [0, 0.1) is 19.3 Å². The van der Waals surface area contributed by atoms with E-state index < -0.39 is 0 Å². The zero-order valence-corrected chi connectivity index (χ0v) is 16.3. The Morgan fingerprint density at radius 1 is 1.19 bits per heavy atom. The summed E-state index contributed by atoms with van der Waals surface area (Å²) in [6.07, 6.45) is 6.25. The van der Waals surface area contributed by atoms with E-state index in [4.69, 9.17) is 5.73 Å². The summed E-state index contributed by atoms with van der Waals surface area (Å²) in [7, 11) is 0. The molecule has 2 saturated heterocycles. The monoisotopic (exact) mass is 371 g/mol. The molecule has 1 saturated carbocycles. The molecule has 0 bridgehead atoms. The standard InChI is InChI=1S/C20H29N5O2/c1-13-16(14(2)23-19(21)22-13)10-18(27)24-9-3-7-20(11-24)8-6-17(26)25(12-20)15-4-5-15/h15H,3-12H2,1-2H3,(H2,21,22,23)/t20-/m0/s1. The van der Waals surface area contributed by atoms with Crippen molar-refractivity contribution in [1.82, 2.24) is 19.8 Å². The average molecular weight is 371 g/mol. The van der Waals surface area contributed by atoms with Crippen molar-refractivity contribution in [3.05, 3.63) is 17.0 Å². The molecule has 1 aromatic heterocycles. The first-order valence-electron chi connectivity index (χ1n) is 10.0. The van der Waals surface area contributed by atoms with Gasteiger partial charge in [-0.25, -0.2) is 9.97 Å². The molecule has 1 aromatic rings. The number of hydrogen-bond donors (Lipinski definition) is 1. The zero-order valence-electron chi connectivity index (χ0n) is 16.3. The molecule has 3 aliphatic rings. The summed E-state index contributed by atoms with van der Waals surface area (Å²) in [5, 5.41) is 0. The zero-order chi connectivity index (χ0) is 19.2. The molecule has 2 N–H and O–H groups in total. The fraction of sp³-hybridized carbons (Fsp3) is 0.700. The summed E-state index contributed by atoms with van der Waals surface area (Å²) in [6, 6.07) is 0.456. The molecular formula is C20H29N5O2. The molecule has 27 heavy (non-hydrogen) atoms. The van der Waals surface area contributed by atoms with Gasteiger partial charge in [0.25, 0.3) is 0 Å². The van der Waals surface area contributed by atoms with Crippen LogP contribution >= 0.6 is 0 Å². The average Bonchev–Trinajstić information content (AvgIpc) is 3.45. The van der Waals surface area contributed by atoms with Gasteiger partial charge in [0, 0.05) is 54.5 Å². The van der Waals surface area contributed by atoms with Crippen LogP contribution in [-0.2, 0) is 16.0 Å². The van der Waals surface area contributed by atoms with Crippen LogP contribution in [0.1, 0.15) is 55.5 Å². The van der Waals surface area contributed by atoms with E-state index in [1.54, 1.807) is 0 Å². The van der Waals surface area contributed by atoms with E-state index in [1.807, 2.05) is 18.7 Å². The number of aromatic nitrogens is 2. The van der Waals surface area contributed by atoms with Crippen LogP contribution in [0.15, 0.2) is 0 Å². The van der Waals surface area contributed by atoms with Crippen LogP contribution in [0.25, 0.3) is 0 Å². The Morgan fingerprint density at radius 3 is 2.56 bits per heavy atom. The summed E-state index contributed by atoms with van der Waals surface area (Å²) < 4.78 is 0. The van der Waals surface area contributed by atoms with Crippen LogP contribution in [0.4, 0.5) is 5.95 Å². The fourth-order valence-corrected chi connectivity index (χ4v) is 4.80. The topological polar surface area (TPSA) is 92.4 Å². The summed E-state index contributed by atoms with van der Waals surface area (Å²) in [6.45, 7) is 6.14. The summed E-state index contributed by atoms with van der Waals surface area (Å²) in [5.41, 5.74) is 8.22. The normalized spacial score (nSPS) is 25.9. The smallest absolute Gasteiger partial charge is 0.227 e. The Balaban J connectivity index is 1.46. The third-order valence-electron chi connectivity index (χ3n) is 6.46. The van der Waals surface area contributed by atoms with Crippen molar-refractivity contribution in [2.24, 2.45) is 5.41 Å². The first-order chi connectivity index (χ1) is 12.9. The molecule has 2 amide bonds. The lowest BCUT2D eigenvalue weighted by atomic mass is 9.73. The predicted molar refractivity (Wildman–Crippen MR) is 102 cm³/mol.